The highest BCUT2D eigenvalue weighted by molar-refractivity contribution is 5.33. The Morgan fingerprint density at radius 2 is 2.25 bits per heavy atom. The molecule has 0 atom stereocenters. The summed E-state index contributed by atoms with van der Waals surface area (Å²) in [5.41, 5.74) is 2.01. The predicted molar refractivity (Wildman–Crippen MR) is 57.3 cm³/mol. The van der Waals surface area contributed by atoms with Crippen molar-refractivity contribution in [2.75, 3.05) is 5.32 Å². The van der Waals surface area contributed by atoms with Crippen LogP contribution in [-0.2, 0) is 13.6 Å². The van der Waals surface area contributed by atoms with Crippen LogP contribution in [0, 0.1) is 12.9 Å². The Hall–Kier alpha value is -1.98. The summed E-state index contributed by atoms with van der Waals surface area (Å²) in [6.07, 6.45) is 3.11. The van der Waals surface area contributed by atoms with Crippen LogP contribution in [-0.4, -0.2) is 19.7 Å². The number of nitrogens with zero attached hydrogens (tertiary/aromatic N) is 4. The molecule has 0 aliphatic carbocycles. The molecular weight excluding hydrogens is 209 g/mol. The number of aryl methyl sites for hydroxylation is 2. The monoisotopic (exact) mass is 221 g/mol. The van der Waals surface area contributed by atoms with E-state index in [0.29, 0.717) is 12.4 Å². The maximum absolute atomic E-state index is 12.8. The number of anilines is 1. The lowest BCUT2D eigenvalue weighted by Crippen LogP contribution is -2.04. The van der Waals surface area contributed by atoms with Crippen molar-refractivity contribution in [2.45, 2.75) is 13.5 Å². The van der Waals surface area contributed by atoms with Gasteiger partial charge < -0.3 is 5.32 Å². The fourth-order valence-corrected chi connectivity index (χ4v) is 1.43. The molecule has 0 aromatic carbocycles. The summed E-state index contributed by atoms with van der Waals surface area (Å²) in [5.74, 6) is -0.0900. The number of aromatic nitrogens is 4. The summed E-state index contributed by atoms with van der Waals surface area (Å²) in [6.45, 7) is 2.49. The lowest BCUT2D eigenvalue weighted by Gasteiger charge is -2.03. The molecule has 0 spiro atoms. The van der Waals surface area contributed by atoms with Crippen molar-refractivity contribution in [1.82, 2.24) is 19.7 Å². The molecule has 0 radical (unpaired) electrons. The van der Waals surface area contributed by atoms with Gasteiger partial charge in [-0.15, -0.1) is 0 Å². The highest BCUT2D eigenvalue weighted by Gasteiger charge is 2.03. The number of nitrogens with one attached hydrogen (secondary N) is 1. The lowest BCUT2D eigenvalue weighted by molar-refractivity contribution is 0.580. The van der Waals surface area contributed by atoms with E-state index in [2.05, 4.69) is 20.4 Å². The van der Waals surface area contributed by atoms with E-state index in [9.17, 15) is 4.39 Å². The molecule has 84 valence electrons. The second kappa shape index (κ2) is 4.26. The van der Waals surface area contributed by atoms with Gasteiger partial charge >= 0.3 is 0 Å². The third-order valence-electron chi connectivity index (χ3n) is 2.18. The van der Waals surface area contributed by atoms with Gasteiger partial charge in [0.1, 0.15) is 12.1 Å². The highest BCUT2D eigenvalue weighted by atomic mass is 19.1. The van der Waals surface area contributed by atoms with Gasteiger partial charge in [-0.05, 0) is 12.5 Å². The zero-order valence-corrected chi connectivity index (χ0v) is 9.11. The third kappa shape index (κ3) is 2.33. The van der Waals surface area contributed by atoms with Crippen molar-refractivity contribution in [2.24, 2.45) is 7.05 Å². The van der Waals surface area contributed by atoms with Crippen LogP contribution in [0.5, 0.6) is 0 Å². The summed E-state index contributed by atoms with van der Waals surface area (Å²) in [4.78, 5) is 7.27. The SMILES string of the molecule is Cc1cn(C)nc1CNc1cc(F)ncn1. The van der Waals surface area contributed by atoms with Crippen molar-refractivity contribution >= 4 is 5.82 Å². The molecule has 6 heteroatoms. The molecule has 2 aromatic rings. The standard InChI is InChI=1S/C10H12FN5/c1-7-5-16(2)15-8(7)4-12-10-3-9(11)13-6-14-10/h3,5-6H,4H2,1-2H3,(H,12,13,14). The summed E-state index contributed by atoms with van der Waals surface area (Å²) in [5, 5.41) is 7.25. The normalized spacial score (nSPS) is 10.4. The van der Waals surface area contributed by atoms with Crippen LogP contribution in [0.25, 0.3) is 0 Å². The van der Waals surface area contributed by atoms with Crippen LogP contribution in [0.2, 0.25) is 0 Å². The average molecular weight is 221 g/mol. The smallest absolute Gasteiger partial charge is 0.217 e. The lowest BCUT2D eigenvalue weighted by atomic mass is 10.3. The summed E-state index contributed by atoms with van der Waals surface area (Å²) < 4.78 is 14.5. The fraction of sp³-hybridized carbons (Fsp3) is 0.300. The topological polar surface area (TPSA) is 55.6 Å². The van der Waals surface area contributed by atoms with Gasteiger partial charge in [-0.1, -0.05) is 0 Å². The molecule has 0 bridgehead atoms. The molecule has 5 nitrogen and oxygen atoms in total. The van der Waals surface area contributed by atoms with E-state index in [4.69, 9.17) is 0 Å². The van der Waals surface area contributed by atoms with Crippen LogP contribution in [0.3, 0.4) is 0 Å². The first-order valence-corrected chi connectivity index (χ1v) is 4.85. The summed E-state index contributed by atoms with van der Waals surface area (Å²) >= 11 is 0. The van der Waals surface area contributed by atoms with Gasteiger partial charge in [0.25, 0.3) is 0 Å². The Balaban J connectivity index is 2.05. The maximum atomic E-state index is 12.8. The minimum atomic E-state index is -0.546. The van der Waals surface area contributed by atoms with Gasteiger partial charge in [0, 0.05) is 19.3 Å². The Bertz CT molecular complexity index is 494. The third-order valence-corrected chi connectivity index (χ3v) is 2.18. The second-order valence-electron chi connectivity index (χ2n) is 3.51. The van der Waals surface area contributed by atoms with Gasteiger partial charge in [-0.2, -0.15) is 9.49 Å². The predicted octanol–water partition coefficient (Wildman–Crippen LogP) is 1.27. The van der Waals surface area contributed by atoms with Crippen molar-refractivity contribution in [3.8, 4) is 0 Å². The Morgan fingerprint density at radius 1 is 1.44 bits per heavy atom. The maximum Gasteiger partial charge on any atom is 0.217 e. The van der Waals surface area contributed by atoms with Gasteiger partial charge in [0.2, 0.25) is 5.95 Å². The van der Waals surface area contributed by atoms with E-state index < -0.39 is 5.95 Å². The van der Waals surface area contributed by atoms with E-state index in [-0.39, 0.29) is 0 Å². The van der Waals surface area contributed by atoms with Crippen LogP contribution in [0.15, 0.2) is 18.6 Å². The van der Waals surface area contributed by atoms with E-state index in [0.717, 1.165) is 11.3 Å². The largest absolute Gasteiger partial charge is 0.364 e. The quantitative estimate of drug-likeness (QED) is 0.793. The van der Waals surface area contributed by atoms with Gasteiger partial charge in [0.05, 0.1) is 12.2 Å². The molecule has 0 aliphatic heterocycles. The summed E-state index contributed by atoms with van der Waals surface area (Å²) in [7, 11) is 1.86. The Morgan fingerprint density at radius 3 is 2.88 bits per heavy atom. The van der Waals surface area contributed by atoms with Gasteiger partial charge in [-0.3, -0.25) is 4.68 Å². The first kappa shape index (κ1) is 10.5. The average Bonchev–Trinajstić information content (AvgIpc) is 2.54. The molecule has 0 unspecified atom stereocenters. The molecule has 2 aromatic heterocycles. The number of rotatable bonds is 3. The van der Waals surface area contributed by atoms with Crippen molar-refractivity contribution < 1.29 is 4.39 Å². The van der Waals surface area contributed by atoms with Crippen molar-refractivity contribution in [1.29, 1.82) is 0 Å². The minimum absolute atomic E-state index is 0.456. The molecule has 0 saturated carbocycles. The van der Waals surface area contributed by atoms with E-state index in [1.807, 2.05) is 20.2 Å². The molecule has 16 heavy (non-hydrogen) atoms. The van der Waals surface area contributed by atoms with Crippen molar-refractivity contribution in [3.63, 3.8) is 0 Å². The van der Waals surface area contributed by atoms with Crippen LogP contribution < -0.4 is 5.32 Å². The molecule has 0 fully saturated rings. The Kier molecular flexibility index (Phi) is 2.80. The van der Waals surface area contributed by atoms with Crippen LogP contribution in [0.4, 0.5) is 10.2 Å². The first-order chi connectivity index (χ1) is 7.65. The number of halogens is 1. The molecule has 2 heterocycles. The van der Waals surface area contributed by atoms with Gasteiger partial charge in [0.15, 0.2) is 0 Å². The van der Waals surface area contributed by atoms with E-state index in [1.165, 1.54) is 12.4 Å². The molecule has 1 N–H and O–H groups in total. The highest BCUT2D eigenvalue weighted by Crippen LogP contribution is 2.08. The van der Waals surface area contributed by atoms with Crippen molar-refractivity contribution in [3.05, 3.63) is 35.8 Å². The number of hydrogen-bond donors (Lipinski definition) is 1. The zero-order valence-electron chi connectivity index (χ0n) is 9.11. The molecule has 0 amide bonds. The van der Waals surface area contributed by atoms with Gasteiger partial charge in [-0.25, -0.2) is 9.97 Å². The molecule has 2 rings (SSSR count). The second-order valence-corrected chi connectivity index (χ2v) is 3.51. The van der Waals surface area contributed by atoms with E-state index in [1.54, 1.807) is 4.68 Å². The van der Waals surface area contributed by atoms with Crippen LogP contribution >= 0.6 is 0 Å². The van der Waals surface area contributed by atoms with Crippen LogP contribution in [0.1, 0.15) is 11.3 Å². The van der Waals surface area contributed by atoms with E-state index >= 15 is 0 Å². The number of hydrogen-bond acceptors (Lipinski definition) is 4. The summed E-state index contributed by atoms with van der Waals surface area (Å²) in [6, 6.07) is 1.25. The first-order valence-electron chi connectivity index (χ1n) is 4.85. The molecule has 0 aliphatic rings. The molecule has 0 saturated heterocycles. The zero-order chi connectivity index (χ0) is 11.5. The minimum Gasteiger partial charge on any atom is -0.364 e. The molecular formula is C10H12FN5. The fourth-order valence-electron chi connectivity index (χ4n) is 1.43. The Labute approximate surface area is 92.3 Å².